The first-order chi connectivity index (χ1) is 15.5. The van der Waals surface area contributed by atoms with Crippen molar-refractivity contribution in [1.29, 1.82) is 0 Å². The van der Waals surface area contributed by atoms with Crippen molar-refractivity contribution < 1.29 is 0 Å². The highest BCUT2D eigenvalue weighted by molar-refractivity contribution is 5.81. The number of hydrogen-bond acceptors (Lipinski definition) is 3. The molecule has 0 radical (unpaired) electrons. The molecule has 0 bridgehead atoms. The number of anilines is 1. The maximum absolute atomic E-state index is 5.14. The summed E-state index contributed by atoms with van der Waals surface area (Å²) in [4.78, 5) is 7.71. The van der Waals surface area contributed by atoms with Crippen molar-refractivity contribution in [3.05, 3.63) is 83.2 Å². The van der Waals surface area contributed by atoms with Crippen LogP contribution in [-0.4, -0.2) is 27.7 Å². The Kier molecular flexibility index (Phi) is 5.46. The van der Waals surface area contributed by atoms with Crippen molar-refractivity contribution in [1.82, 2.24) is 14.6 Å². The highest BCUT2D eigenvalue weighted by Gasteiger charge is 2.28. The fraction of sp³-hybridized carbons (Fsp3) is 0.357. The second-order valence-electron chi connectivity index (χ2n) is 9.57. The minimum absolute atomic E-state index is 0.664. The number of benzene rings is 2. The van der Waals surface area contributed by atoms with E-state index in [1.54, 1.807) is 0 Å². The van der Waals surface area contributed by atoms with Crippen LogP contribution < -0.4 is 4.90 Å². The maximum atomic E-state index is 5.14. The van der Waals surface area contributed by atoms with Gasteiger partial charge in [-0.3, -0.25) is 0 Å². The first-order valence-electron chi connectivity index (χ1n) is 11.7. The Bertz CT molecular complexity index is 1220. The van der Waals surface area contributed by atoms with Gasteiger partial charge in [0.05, 0.1) is 5.69 Å². The molecule has 0 amide bonds. The van der Waals surface area contributed by atoms with E-state index in [-0.39, 0.29) is 0 Å². The third-order valence-electron chi connectivity index (χ3n) is 6.67. The van der Waals surface area contributed by atoms with Gasteiger partial charge in [0, 0.05) is 36.3 Å². The molecule has 5 rings (SSSR count). The summed E-state index contributed by atoms with van der Waals surface area (Å²) in [6, 6.07) is 21.3. The standard InChI is InChI=1S/C28H32N4/c1-19-15-20(2)18-31(17-19)28-25(16-23-11-7-5-8-12-23)21(3)29-27-26(22(4)30-32(27)28)24-13-9-6-10-14-24/h5-14,19-20H,15-18H2,1-4H3/t19-,20+. The lowest BCUT2D eigenvalue weighted by atomic mass is 9.91. The maximum Gasteiger partial charge on any atom is 0.165 e. The van der Waals surface area contributed by atoms with Crippen molar-refractivity contribution >= 4 is 11.5 Å². The molecule has 0 unspecified atom stereocenters. The quantitative estimate of drug-likeness (QED) is 0.398. The molecule has 2 atom stereocenters. The van der Waals surface area contributed by atoms with Crippen LogP contribution in [0.15, 0.2) is 60.7 Å². The normalized spacial score (nSPS) is 18.9. The average Bonchev–Trinajstić information content (AvgIpc) is 3.10. The van der Waals surface area contributed by atoms with Crippen LogP contribution in [0, 0.1) is 25.7 Å². The molecule has 1 aliphatic rings. The van der Waals surface area contributed by atoms with Gasteiger partial charge in [-0.05, 0) is 43.2 Å². The summed E-state index contributed by atoms with van der Waals surface area (Å²) in [7, 11) is 0. The van der Waals surface area contributed by atoms with E-state index in [1.165, 1.54) is 28.9 Å². The molecule has 4 aromatic rings. The average molecular weight is 425 g/mol. The summed E-state index contributed by atoms with van der Waals surface area (Å²) in [5.41, 5.74) is 7.99. The molecule has 0 N–H and O–H groups in total. The lowest BCUT2D eigenvalue weighted by Gasteiger charge is -2.37. The van der Waals surface area contributed by atoms with Gasteiger partial charge in [-0.15, -0.1) is 0 Å². The third kappa shape index (κ3) is 3.79. The number of piperidine rings is 1. The van der Waals surface area contributed by atoms with E-state index in [0.29, 0.717) is 11.8 Å². The second kappa shape index (κ2) is 8.42. The van der Waals surface area contributed by atoms with Crippen LogP contribution >= 0.6 is 0 Å². The van der Waals surface area contributed by atoms with Gasteiger partial charge in [0.15, 0.2) is 5.65 Å². The predicted molar refractivity (Wildman–Crippen MR) is 132 cm³/mol. The van der Waals surface area contributed by atoms with E-state index in [0.717, 1.165) is 42.1 Å². The summed E-state index contributed by atoms with van der Waals surface area (Å²) >= 11 is 0. The summed E-state index contributed by atoms with van der Waals surface area (Å²) < 4.78 is 2.13. The lowest BCUT2D eigenvalue weighted by Crippen LogP contribution is -2.40. The predicted octanol–water partition coefficient (Wildman–Crippen LogP) is 6.09. The van der Waals surface area contributed by atoms with Crippen molar-refractivity contribution in [2.45, 2.75) is 40.5 Å². The highest BCUT2D eigenvalue weighted by atomic mass is 15.4. The Balaban J connectivity index is 1.75. The molecule has 4 nitrogen and oxygen atoms in total. The zero-order valence-corrected chi connectivity index (χ0v) is 19.5. The number of fused-ring (bicyclic) bond motifs is 1. The minimum atomic E-state index is 0.664. The molecule has 3 heterocycles. The van der Waals surface area contributed by atoms with Crippen molar-refractivity contribution in [3.8, 4) is 11.1 Å². The van der Waals surface area contributed by atoms with E-state index >= 15 is 0 Å². The first-order valence-corrected chi connectivity index (χ1v) is 11.7. The molecule has 2 aromatic carbocycles. The summed E-state index contributed by atoms with van der Waals surface area (Å²) in [5.74, 6) is 2.55. The number of nitrogens with zero attached hydrogens (tertiary/aromatic N) is 4. The Morgan fingerprint density at radius 1 is 0.844 bits per heavy atom. The topological polar surface area (TPSA) is 33.4 Å². The summed E-state index contributed by atoms with van der Waals surface area (Å²) in [5, 5.41) is 5.07. The molecule has 1 saturated heterocycles. The lowest BCUT2D eigenvalue weighted by molar-refractivity contribution is 0.353. The van der Waals surface area contributed by atoms with Crippen molar-refractivity contribution in [2.24, 2.45) is 11.8 Å². The monoisotopic (exact) mass is 424 g/mol. The van der Waals surface area contributed by atoms with Crippen LogP contribution in [-0.2, 0) is 6.42 Å². The van der Waals surface area contributed by atoms with E-state index < -0.39 is 0 Å². The largest absolute Gasteiger partial charge is 0.356 e. The molecule has 0 spiro atoms. The molecule has 164 valence electrons. The van der Waals surface area contributed by atoms with E-state index in [4.69, 9.17) is 10.1 Å². The summed E-state index contributed by atoms with van der Waals surface area (Å²) in [6.45, 7) is 11.1. The SMILES string of the molecule is Cc1nc2c(-c3ccccc3)c(C)nn2c(N2C[C@H](C)C[C@H](C)C2)c1Cc1ccccc1. The Hall–Kier alpha value is -3.14. The number of aryl methyl sites for hydroxylation is 2. The highest BCUT2D eigenvalue weighted by Crippen LogP contribution is 2.35. The molecule has 0 aliphatic carbocycles. The van der Waals surface area contributed by atoms with Crippen LogP contribution in [0.1, 0.15) is 42.8 Å². The summed E-state index contributed by atoms with van der Waals surface area (Å²) in [6.07, 6.45) is 2.15. The van der Waals surface area contributed by atoms with Crippen molar-refractivity contribution in [2.75, 3.05) is 18.0 Å². The van der Waals surface area contributed by atoms with Gasteiger partial charge in [-0.2, -0.15) is 9.61 Å². The number of hydrogen-bond donors (Lipinski definition) is 0. The molecular weight excluding hydrogens is 392 g/mol. The van der Waals surface area contributed by atoms with Gasteiger partial charge >= 0.3 is 0 Å². The van der Waals surface area contributed by atoms with E-state index in [2.05, 4.69) is 97.8 Å². The molecule has 1 fully saturated rings. The minimum Gasteiger partial charge on any atom is -0.356 e. The Morgan fingerprint density at radius 3 is 2.12 bits per heavy atom. The third-order valence-corrected chi connectivity index (χ3v) is 6.67. The Morgan fingerprint density at radius 2 is 1.47 bits per heavy atom. The van der Waals surface area contributed by atoms with Crippen LogP contribution in [0.2, 0.25) is 0 Å². The second-order valence-corrected chi connectivity index (χ2v) is 9.57. The van der Waals surface area contributed by atoms with Gasteiger partial charge in [-0.1, -0.05) is 74.5 Å². The fourth-order valence-corrected chi connectivity index (χ4v) is 5.39. The molecule has 2 aromatic heterocycles. The van der Waals surface area contributed by atoms with Gasteiger partial charge < -0.3 is 4.90 Å². The van der Waals surface area contributed by atoms with Crippen molar-refractivity contribution in [3.63, 3.8) is 0 Å². The van der Waals surface area contributed by atoms with Crippen LogP contribution in [0.4, 0.5) is 5.82 Å². The van der Waals surface area contributed by atoms with E-state index in [1.807, 2.05) is 0 Å². The first kappa shape index (κ1) is 20.7. The Labute approximate surface area is 190 Å². The zero-order chi connectivity index (χ0) is 22.2. The smallest absolute Gasteiger partial charge is 0.165 e. The molecule has 4 heteroatoms. The van der Waals surface area contributed by atoms with Crippen LogP contribution in [0.25, 0.3) is 16.8 Å². The molecular formula is C28H32N4. The van der Waals surface area contributed by atoms with Gasteiger partial charge in [0.2, 0.25) is 0 Å². The molecule has 32 heavy (non-hydrogen) atoms. The van der Waals surface area contributed by atoms with Gasteiger partial charge in [-0.25, -0.2) is 4.98 Å². The van der Waals surface area contributed by atoms with E-state index in [9.17, 15) is 0 Å². The number of rotatable bonds is 4. The van der Waals surface area contributed by atoms with Crippen LogP contribution in [0.3, 0.4) is 0 Å². The zero-order valence-electron chi connectivity index (χ0n) is 19.5. The fourth-order valence-electron chi connectivity index (χ4n) is 5.39. The molecule has 0 saturated carbocycles. The number of aromatic nitrogens is 3. The van der Waals surface area contributed by atoms with Crippen LogP contribution in [0.5, 0.6) is 0 Å². The van der Waals surface area contributed by atoms with Gasteiger partial charge in [0.25, 0.3) is 0 Å². The molecule has 1 aliphatic heterocycles. The van der Waals surface area contributed by atoms with Gasteiger partial charge in [0.1, 0.15) is 5.82 Å².